The van der Waals surface area contributed by atoms with Gasteiger partial charge >= 0.3 is 17.9 Å². The van der Waals surface area contributed by atoms with Crippen LogP contribution in [-0.4, -0.2) is 45.9 Å². The fourth-order valence-corrected chi connectivity index (χ4v) is 4.31. The molecule has 3 aromatic rings. The van der Waals surface area contributed by atoms with Crippen molar-refractivity contribution in [3.8, 4) is 6.01 Å². The first-order valence-corrected chi connectivity index (χ1v) is 10.8. The monoisotopic (exact) mass is 462 g/mol. The fraction of sp³-hybridized carbons (Fsp3) is 0.280. The Morgan fingerprint density at radius 2 is 1.62 bits per heavy atom. The van der Waals surface area contributed by atoms with Crippen LogP contribution >= 0.6 is 0 Å². The Labute approximate surface area is 194 Å². The Morgan fingerprint density at radius 1 is 1.00 bits per heavy atom. The van der Waals surface area contributed by atoms with E-state index in [1.807, 2.05) is 0 Å². The van der Waals surface area contributed by atoms with Gasteiger partial charge in [0, 0.05) is 12.3 Å². The van der Waals surface area contributed by atoms with E-state index in [2.05, 4.69) is 4.98 Å². The topological polar surface area (TPSA) is 106 Å². The minimum Gasteiger partial charge on any atom is -0.456 e. The Morgan fingerprint density at radius 3 is 2.26 bits per heavy atom. The number of ether oxygens (including phenoxy) is 4. The lowest BCUT2D eigenvalue weighted by Gasteiger charge is -2.27. The molecule has 5 rings (SSSR count). The largest absolute Gasteiger partial charge is 0.456 e. The molecule has 0 amide bonds. The van der Waals surface area contributed by atoms with Gasteiger partial charge in [-0.2, -0.15) is 4.98 Å². The summed E-state index contributed by atoms with van der Waals surface area (Å²) in [6.07, 6.45) is -1.89. The van der Waals surface area contributed by atoms with Crippen LogP contribution in [0.25, 0.3) is 0 Å². The molecule has 0 radical (unpaired) electrons. The molecular weight excluding hydrogens is 440 g/mol. The van der Waals surface area contributed by atoms with E-state index in [1.54, 1.807) is 79.1 Å². The third kappa shape index (κ3) is 3.73. The van der Waals surface area contributed by atoms with Crippen LogP contribution in [0, 0.1) is 0 Å². The molecule has 5 atom stereocenters. The first-order chi connectivity index (χ1) is 16.4. The number of rotatable bonds is 5. The van der Waals surface area contributed by atoms with Crippen LogP contribution in [0.4, 0.5) is 0 Å². The van der Waals surface area contributed by atoms with Crippen LogP contribution in [0.1, 0.15) is 34.6 Å². The smallest absolute Gasteiger partial charge is 0.338 e. The maximum atomic E-state index is 12.9. The van der Waals surface area contributed by atoms with E-state index in [0.29, 0.717) is 11.1 Å². The maximum Gasteiger partial charge on any atom is 0.338 e. The van der Waals surface area contributed by atoms with E-state index >= 15 is 0 Å². The molecule has 0 saturated carbocycles. The van der Waals surface area contributed by atoms with Crippen molar-refractivity contribution >= 4 is 11.9 Å². The summed E-state index contributed by atoms with van der Waals surface area (Å²) in [7, 11) is 0. The summed E-state index contributed by atoms with van der Waals surface area (Å²) in [4.78, 5) is 41.2. The lowest BCUT2D eigenvalue weighted by molar-refractivity contribution is -0.129. The van der Waals surface area contributed by atoms with Crippen molar-refractivity contribution in [2.75, 3.05) is 0 Å². The lowest BCUT2D eigenvalue weighted by Crippen LogP contribution is -2.45. The number of benzene rings is 2. The molecule has 2 aliphatic heterocycles. The molecule has 2 aromatic carbocycles. The van der Waals surface area contributed by atoms with Crippen LogP contribution in [-0.2, 0) is 19.9 Å². The number of carbonyl (C=O) groups is 2. The van der Waals surface area contributed by atoms with E-state index in [0.717, 1.165) is 0 Å². The number of carbonyl (C=O) groups excluding carboxylic acids is 2. The van der Waals surface area contributed by atoms with Gasteiger partial charge in [-0.15, -0.1) is 0 Å². The Hall–Kier alpha value is -3.98. The number of esters is 2. The van der Waals surface area contributed by atoms with Crippen molar-refractivity contribution in [3.05, 3.63) is 94.4 Å². The normalized spacial score (nSPS) is 25.5. The van der Waals surface area contributed by atoms with Crippen molar-refractivity contribution in [3.63, 3.8) is 0 Å². The predicted molar refractivity (Wildman–Crippen MR) is 118 cm³/mol. The molecule has 3 heterocycles. The lowest BCUT2D eigenvalue weighted by atomic mass is 10.0. The summed E-state index contributed by atoms with van der Waals surface area (Å²) in [6.45, 7) is 3.42. The zero-order chi connectivity index (χ0) is 23.9. The average molecular weight is 462 g/mol. The van der Waals surface area contributed by atoms with Crippen molar-refractivity contribution in [2.45, 2.75) is 44.0 Å². The summed E-state index contributed by atoms with van der Waals surface area (Å²) in [5.41, 5.74) is -0.864. The van der Waals surface area contributed by atoms with Crippen LogP contribution < -0.4 is 10.3 Å². The first-order valence-electron chi connectivity index (χ1n) is 10.8. The zero-order valence-corrected chi connectivity index (χ0v) is 18.5. The quantitative estimate of drug-likeness (QED) is 0.533. The average Bonchev–Trinajstić information content (AvgIpc) is 3.28. The summed E-state index contributed by atoms with van der Waals surface area (Å²) in [6, 6.07) is 18.4. The number of fused-ring (bicyclic) bond motifs is 3. The van der Waals surface area contributed by atoms with Gasteiger partial charge in [0.15, 0.2) is 17.9 Å². The van der Waals surface area contributed by atoms with Gasteiger partial charge in [0.1, 0.15) is 12.2 Å². The van der Waals surface area contributed by atoms with Crippen LogP contribution in [0.3, 0.4) is 0 Å². The number of aromatic nitrogens is 2. The standard InChI is InChI=1S/C25H22N2O7/c1-15(31-22(29)16-9-5-3-6-10-16)19-20(32-23(30)17-11-7-4-8-12-17)21-25(2,34-19)27-14-13-18(28)26-24(27)33-21/h3-15,19-21H,1-2H3/t15-,19-,20-,21+,25-/m1/s1. The van der Waals surface area contributed by atoms with Gasteiger partial charge in [0.05, 0.1) is 11.1 Å². The number of hydrogen-bond donors (Lipinski definition) is 0. The van der Waals surface area contributed by atoms with Gasteiger partial charge in [-0.05, 0) is 38.1 Å². The predicted octanol–water partition coefficient (Wildman–Crippen LogP) is 2.55. The van der Waals surface area contributed by atoms with Crippen molar-refractivity contribution < 1.29 is 28.5 Å². The minimum atomic E-state index is -1.14. The van der Waals surface area contributed by atoms with Gasteiger partial charge in [0.25, 0.3) is 5.56 Å². The summed E-state index contributed by atoms with van der Waals surface area (Å²) in [5, 5.41) is 0. The van der Waals surface area contributed by atoms with Gasteiger partial charge in [-0.1, -0.05) is 36.4 Å². The second-order valence-corrected chi connectivity index (χ2v) is 8.31. The van der Waals surface area contributed by atoms with Crippen LogP contribution in [0.5, 0.6) is 6.01 Å². The molecule has 0 spiro atoms. The number of hydrogen-bond acceptors (Lipinski definition) is 8. The van der Waals surface area contributed by atoms with E-state index in [4.69, 9.17) is 18.9 Å². The molecule has 0 unspecified atom stereocenters. The molecule has 174 valence electrons. The molecule has 1 aromatic heterocycles. The Kier molecular flexibility index (Phi) is 5.41. The van der Waals surface area contributed by atoms with Crippen molar-refractivity contribution in [2.24, 2.45) is 0 Å². The van der Waals surface area contributed by atoms with Gasteiger partial charge in [0.2, 0.25) is 0 Å². The SMILES string of the molecule is C[C@@H](OC(=O)c1ccccc1)[C@H]1O[C@]2(C)[C@@H](Oc3nc(=O)ccn32)[C@@H]1OC(=O)c1ccccc1. The Balaban J connectivity index is 1.45. The molecule has 9 heteroatoms. The second-order valence-electron chi connectivity index (χ2n) is 8.31. The molecule has 9 nitrogen and oxygen atoms in total. The van der Waals surface area contributed by atoms with Crippen LogP contribution in [0.15, 0.2) is 77.7 Å². The minimum absolute atomic E-state index is 0.0631. The summed E-state index contributed by atoms with van der Waals surface area (Å²) in [5.74, 6) is -1.11. The fourth-order valence-electron chi connectivity index (χ4n) is 4.31. The second kappa shape index (κ2) is 8.42. The maximum absolute atomic E-state index is 12.9. The van der Waals surface area contributed by atoms with Gasteiger partial charge < -0.3 is 18.9 Å². The highest BCUT2D eigenvalue weighted by molar-refractivity contribution is 5.90. The third-order valence-corrected chi connectivity index (χ3v) is 6.03. The molecule has 0 N–H and O–H groups in total. The van der Waals surface area contributed by atoms with E-state index in [9.17, 15) is 14.4 Å². The molecule has 1 fully saturated rings. The van der Waals surface area contributed by atoms with Gasteiger partial charge in [-0.3, -0.25) is 9.36 Å². The molecule has 0 bridgehead atoms. The highest BCUT2D eigenvalue weighted by Crippen LogP contribution is 2.46. The van der Waals surface area contributed by atoms with E-state index in [1.165, 1.54) is 12.3 Å². The molecule has 1 saturated heterocycles. The molecule has 34 heavy (non-hydrogen) atoms. The van der Waals surface area contributed by atoms with Crippen molar-refractivity contribution in [1.29, 1.82) is 0 Å². The number of nitrogens with zero attached hydrogens (tertiary/aromatic N) is 2. The summed E-state index contributed by atoms with van der Waals surface area (Å²) < 4.78 is 25.4. The highest BCUT2D eigenvalue weighted by Gasteiger charge is 2.63. The zero-order valence-electron chi connectivity index (χ0n) is 18.5. The van der Waals surface area contributed by atoms with Crippen LogP contribution in [0.2, 0.25) is 0 Å². The highest BCUT2D eigenvalue weighted by atomic mass is 16.7. The molecule has 0 aliphatic carbocycles. The Bertz CT molecular complexity index is 1280. The summed E-state index contributed by atoms with van der Waals surface area (Å²) >= 11 is 0. The van der Waals surface area contributed by atoms with E-state index in [-0.39, 0.29) is 6.01 Å². The molecular formula is C25H22N2O7. The third-order valence-electron chi connectivity index (χ3n) is 6.03. The van der Waals surface area contributed by atoms with Crippen molar-refractivity contribution in [1.82, 2.24) is 9.55 Å². The van der Waals surface area contributed by atoms with Gasteiger partial charge in [-0.25, -0.2) is 9.59 Å². The molecule has 2 aliphatic rings. The first kappa shape index (κ1) is 21.8. The van der Waals surface area contributed by atoms with E-state index < -0.39 is 47.6 Å².